The lowest BCUT2D eigenvalue weighted by Crippen LogP contribution is -2.10. The first kappa shape index (κ1) is 14.7. The molecule has 0 N–H and O–H groups in total. The molecule has 20 heavy (non-hydrogen) atoms. The zero-order chi connectivity index (χ0) is 14.9. The van der Waals surface area contributed by atoms with Gasteiger partial charge < -0.3 is 0 Å². The molecule has 0 radical (unpaired) electrons. The van der Waals surface area contributed by atoms with E-state index in [1.54, 1.807) is 11.7 Å². The normalized spacial score (nSPS) is 10.8. The van der Waals surface area contributed by atoms with Crippen LogP contribution in [0.25, 0.3) is 0 Å². The van der Waals surface area contributed by atoms with Gasteiger partial charge in [0, 0.05) is 12.6 Å². The molecule has 106 valence electrons. The smallest absolute Gasteiger partial charge is 0.209 e. The Labute approximate surface area is 122 Å². The quantitative estimate of drug-likeness (QED) is 0.639. The number of aryl methyl sites for hydroxylation is 3. The summed E-state index contributed by atoms with van der Waals surface area (Å²) < 4.78 is 1.57. The monoisotopic (exact) mass is 290 g/mol. The molecule has 1 aromatic carbocycles. The summed E-state index contributed by atoms with van der Waals surface area (Å²) in [7, 11) is 1.76. The Morgan fingerprint density at radius 1 is 1.20 bits per heavy atom. The summed E-state index contributed by atoms with van der Waals surface area (Å²) >= 11 is 1.36. The Bertz CT molecular complexity index is 663. The number of benzene rings is 1. The fourth-order valence-electron chi connectivity index (χ4n) is 2.26. The SMILES string of the molecule is Cc1cc(C)c(C(=O)CSc2nnnn2C)c(C)c1C. The number of Topliss-reactive ketones (excluding diaryl/α,β-unsaturated/α-hetero) is 1. The molecule has 0 aliphatic carbocycles. The highest BCUT2D eigenvalue weighted by molar-refractivity contribution is 7.99. The fraction of sp³-hybridized carbons (Fsp3) is 0.429. The van der Waals surface area contributed by atoms with E-state index in [1.807, 2.05) is 13.8 Å². The Hall–Kier alpha value is -1.69. The van der Waals surface area contributed by atoms with Crippen LogP contribution in [-0.2, 0) is 7.05 Å². The molecule has 0 unspecified atom stereocenters. The van der Waals surface area contributed by atoms with Crippen LogP contribution in [0.2, 0.25) is 0 Å². The van der Waals surface area contributed by atoms with E-state index in [1.165, 1.54) is 22.9 Å². The van der Waals surface area contributed by atoms with Crippen molar-refractivity contribution >= 4 is 17.5 Å². The van der Waals surface area contributed by atoms with E-state index in [2.05, 4.69) is 35.4 Å². The van der Waals surface area contributed by atoms with Gasteiger partial charge in [0.15, 0.2) is 5.78 Å². The van der Waals surface area contributed by atoms with Crippen LogP contribution < -0.4 is 0 Å². The molecule has 0 bridgehead atoms. The second-order valence-corrected chi connectivity index (χ2v) is 5.87. The number of carbonyl (C=O) groups excluding carboxylic acids is 1. The molecule has 0 aliphatic rings. The van der Waals surface area contributed by atoms with E-state index < -0.39 is 0 Å². The summed E-state index contributed by atoms with van der Waals surface area (Å²) in [4.78, 5) is 12.5. The molecule has 0 fully saturated rings. The van der Waals surface area contributed by atoms with Crippen molar-refractivity contribution in [1.82, 2.24) is 20.2 Å². The van der Waals surface area contributed by atoms with Crippen molar-refractivity contribution in [2.45, 2.75) is 32.9 Å². The van der Waals surface area contributed by atoms with Gasteiger partial charge in [-0.1, -0.05) is 17.8 Å². The third-order valence-electron chi connectivity index (χ3n) is 3.55. The van der Waals surface area contributed by atoms with E-state index in [0.29, 0.717) is 10.9 Å². The number of ketones is 1. The van der Waals surface area contributed by atoms with Crippen molar-refractivity contribution in [2.24, 2.45) is 7.05 Å². The van der Waals surface area contributed by atoms with Gasteiger partial charge in [0.05, 0.1) is 5.75 Å². The lowest BCUT2D eigenvalue weighted by Gasteiger charge is -2.13. The van der Waals surface area contributed by atoms with Gasteiger partial charge in [0.2, 0.25) is 5.16 Å². The number of carbonyl (C=O) groups is 1. The Balaban J connectivity index is 2.22. The van der Waals surface area contributed by atoms with Crippen LogP contribution in [0.1, 0.15) is 32.6 Å². The van der Waals surface area contributed by atoms with Gasteiger partial charge in [-0.25, -0.2) is 4.68 Å². The van der Waals surface area contributed by atoms with Crippen LogP contribution in [0.15, 0.2) is 11.2 Å². The van der Waals surface area contributed by atoms with E-state index in [0.717, 1.165) is 16.7 Å². The van der Waals surface area contributed by atoms with Crippen molar-refractivity contribution in [3.63, 3.8) is 0 Å². The molecule has 1 heterocycles. The van der Waals surface area contributed by atoms with Gasteiger partial charge in [0.1, 0.15) is 0 Å². The molecule has 0 spiro atoms. The second-order valence-electron chi connectivity index (χ2n) is 4.93. The number of hydrogen-bond donors (Lipinski definition) is 0. The molecule has 0 atom stereocenters. The van der Waals surface area contributed by atoms with E-state index in [4.69, 9.17) is 0 Å². The maximum Gasteiger partial charge on any atom is 0.209 e. The lowest BCUT2D eigenvalue weighted by atomic mass is 9.92. The predicted octanol–water partition coefficient (Wildman–Crippen LogP) is 2.42. The zero-order valence-corrected chi connectivity index (χ0v) is 13.2. The van der Waals surface area contributed by atoms with E-state index >= 15 is 0 Å². The first-order valence-corrected chi connectivity index (χ1v) is 7.36. The highest BCUT2D eigenvalue weighted by Crippen LogP contribution is 2.24. The van der Waals surface area contributed by atoms with Crippen molar-refractivity contribution < 1.29 is 4.79 Å². The minimum atomic E-state index is 0.121. The zero-order valence-electron chi connectivity index (χ0n) is 12.4. The minimum Gasteiger partial charge on any atom is -0.293 e. The second kappa shape index (κ2) is 5.75. The number of tetrazole rings is 1. The Morgan fingerprint density at radius 2 is 1.90 bits per heavy atom. The largest absolute Gasteiger partial charge is 0.293 e. The van der Waals surface area contributed by atoms with Gasteiger partial charge in [-0.2, -0.15) is 0 Å². The summed E-state index contributed by atoms with van der Waals surface area (Å²) in [5.41, 5.74) is 5.35. The average Bonchev–Trinajstić information content (AvgIpc) is 2.79. The van der Waals surface area contributed by atoms with E-state index in [-0.39, 0.29) is 5.78 Å². The minimum absolute atomic E-state index is 0.121. The predicted molar refractivity (Wildman–Crippen MR) is 79.2 cm³/mol. The highest BCUT2D eigenvalue weighted by atomic mass is 32.2. The number of hydrogen-bond acceptors (Lipinski definition) is 5. The topological polar surface area (TPSA) is 60.7 Å². The molecule has 0 amide bonds. The molecule has 0 aliphatic heterocycles. The maximum atomic E-state index is 12.5. The molecular weight excluding hydrogens is 272 g/mol. The third-order valence-corrected chi connectivity index (χ3v) is 4.56. The van der Waals surface area contributed by atoms with Crippen LogP contribution >= 0.6 is 11.8 Å². The number of aromatic nitrogens is 4. The number of thioether (sulfide) groups is 1. The molecule has 2 aromatic rings. The summed E-state index contributed by atoms with van der Waals surface area (Å²) in [6.07, 6.45) is 0. The summed E-state index contributed by atoms with van der Waals surface area (Å²) in [5.74, 6) is 0.467. The third kappa shape index (κ3) is 2.75. The maximum absolute atomic E-state index is 12.5. The summed E-state index contributed by atoms with van der Waals surface area (Å²) in [6, 6.07) is 2.07. The molecule has 0 saturated heterocycles. The van der Waals surface area contributed by atoms with Crippen LogP contribution in [0.3, 0.4) is 0 Å². The molecular formula is C14H18N4OS. The fourth-order valence-corrected chi connectivity index (χ4v) is 2.98. The summed E-state index contributed by atoms with van der Waals surface area (Å²) in [6.45, 7) is 8.13. The molecule has 0 saturated carbocycles. The van der Waals surface area contributed by atoms with Crippen LogP contribution in [0.5, 0.6) is 0 Å². The number of rotatable bonds is 4. The van der Waals surface area contributed by atoms with Crippen LogP contribution in [0.4, 0.5) is 0 Å². The van der Waals surface area contributed by atoms with E-state index in [9.17, 15) is 4.79 Å². The Morgan fingerprint density at radius 3 is 2.50 bits per heavy atom. The van der Waals surface area contributed by atoms with Gasteiger partial charge in [-0.3, -0.25) is 4.79 Å². The van der Waals surface area contributed by atoms with Gasteiger partial charge in [-0.15, -0.1) is 5.10 Å². The standard InChI is InChI=1S/C14H18N4OS/c1-8-6-9(2)13(11(4)10(8)3)12(19)7-20-14-15-16-17-18(14)5/h6H,7H2,1-5H3. The molecule has 6 heteroatoms. The van der Waals surface area contributed by atoms with Crippen molar-refractivity contribution in [3.05, 3.63) is 33.9 Å². The first-order valence-electron chi connectivity index (χ1n) is 6.37. The van der Waals surface area contributed by atoms with Crippen LogP contribution in [-0.4, -0.2) is 31.7 Å². The average molecular weight is 290 g/mol. The van der Waals surface area contributed by atoms with Crippen molar-refractivity contribution in [2.75, 3.05) is 5.75 Å². The molecule has 5 nitrogen and oxygen atoms in total. The first-order chi connectivity index (χ1) is 9.41. The summed E-state index contributed by atoms with van der Waals surface area (Å²) in [5, 5.41) is 11.8. The van der Waals surface area contributed by atoms with Gasteiger partial charge in [0.25, 0.3) is 0 Å². The van der Waals surface area contributed by atoms with Crippen molar-refractivity contribution in [3.8, 4) is 0 Å². The molecule has 1 aromatic heterocycles. The number of nitrogens with zero attached hydrogens (tertiary/aromatic N) is 4. The highest BCUT2D eigenvalue weighted by Gasteiger charge is 2.16. The van der Waals surface area contributed by atoms with Crippen molar-refractivity contribution in [1.29, 1.82) is 0 Å². The Kier molecular flexibility index (Phi) is 4.23. The molecule has 2 rings (SSSR count). The lowest BCUT2D eigenvalue weighted by molar-refractivity contribution is 0.102. The van der Waals surface area contributed by atoms with Crippen LogP contribution in [0, 0.1) is 27.7 Å². The van der Waals surface area contributed by atoms with Gasteiger partial charge >= 0.3 is 0 Å². The van der Waals surface area contributed by atoms with Gasteiger partial charge in [-0.05, 0) is 60.4 Å².